The summed E-state index contributed by atoms with van der Waals surface area (Å²) in [6, 6.07) is 3.35. The highest BCUT2D eigenvalue weighted by Crippen LogP contribution is 2.09. The molecule has 0 aliphatic heterocycles. The standard InChI is InChI=1S/C10H14ClNO2/c1-2-3-6-12-10(13)9-5-4-8(7-11)14-9/h4-5H,2-3,6-7H2,1H3,(H,12,13). The van der Waals surface area contributed by atoms with E-state index in [9.17, 15) is 4.79 Å². The van der Waals surface area contributed by atoms with Crippen LogP contribution in [0.1, 0.15) is 36.1 Å². The zero-order valence-electron chi connectivity index (χ0n) is 8.18. The Balaban J connectivity index is 2.44. The summed E-state index contributed by atoms with van der Waals surface area (Å²) < 4.78 is 5.18. The molecule has 0 aliphatic rings. The second-order valence-electron chi connectivity index (χ2n) is 3.01. The van der Waals surface area contributed by atoms with Crippen molar-refractivity contribution in [3.63, 3.8) is 0 Å². The van der Waals surface area contributed by atoms with Crippen molar-refractivity contribution in [1.29, 1.82) is 0 Å². The number of hydrogen-bond acceptors (Lipinski definition) is 2. The molecule has 0 bridgehead atoms. The van der Waals surface area contributed by atoms with Crippen LogP contribution in [0.3, 0.4) is 0 Å². The number of rotatable bonds is 5. The van der Waals surface area contributed by atoms with Crippen molar-refractivity contribution in [2.45, 2.75) is 25.6 Å². The van der Waals surface area contributed by atoms with E-state index in [-0.39, 0.29) is 5.91 Å². The van der Waals surface area contributed by atoms with Crippen LogP contribution in [0.4, 0.5) is 0 Å². The Morgan fingerprint density at radius 3 is 2.93 bits per heavy atom. The van der Waals surface area contributed by atoms with E-state index in [1.807, 2.05) is 0 Å². The van der Waals surface area contributed by atoms with Gasteiger partial charge in [-0.15, -0.1) is 11.6 Å². The lowest BCUT2D eigenvalue weighted by Gasteiger charge is -2.00. The first-order valence-electron chi connectivity index (χ1n) is 4.70. The molecule has 0 radical (unpaired) electrons. The molecule has 3 nitrogen and oxygen atoms in total. The minimum absolute atomic E-state index is 0.171. The number of carbonyl (C=O) groups excluding carboxylic acids is 1. The third kappa shape index (κ3) is 3.07. The second kappa shape index (κ2) is 5.70. The van der Waals surface area contributed by atoms with Gasteiger partial charge < -0.3 is 9.73 Å². The van der Waals surface area contributed by atoms with Crippen LogP contribution in [0.25, 0.3) is 0 Å². The predicted molar refractivity (Wildman–Crippen MR) is 55.5 cm³/mol. The molecule has 14 heavy (non-hydrogen) atoms. The first-order valence-corrected chi connectivity index (χ1v) is 5.24. The van der Waals surface area contributed by atoms with Gasteiger partial charge in [0.1, 0.15) is 5.76 Å². The van der Waals surface area contributed by atoms with Crippen LogP contribution in [0.5, 0.6) is 0 Å². The Morgan fingerprint density at radius 1 is 1.57 bits per heavy atom. The Hall–Kier alpha value is -0.960. The lowest BCUT2D eigenvalue weighted by molar-refractivity contribution is 0.0924. The van der Waals surface area contributed by atoms with E-state index < -0.39 is 0 Å². The van der Waals surface area contributed by atoms with Gasteiger partial charge >= 0.3 is 0 Å². The molecule has 1 heterocycles. The molecule has 78 valence electrons. The SMILES string of the molecule is CCCCNC(=O)c1ccc(CCl)o1. The maximum atomic E-state index is 11.4. The predicted octanol–water partition coefficient (Wildman–Crippen LogP) is 2.55. The molecule has 0 fully saturated rings. The van der Waals surface area contributed by atoms with Crippen molar-refractivity contribution >= 4 is 17.5 Å². The van der Waals surface area contributed by atoms with E-state index in [0.717, 1.165) is 12.8 Å². The number of nitrogens with one attached hydrogen (secondary N) is 1. The highest BCUT2D eigenvalue weighted by molar-refractivity contribution is 6.16. The molecule has 0 aliphatic carbocycles. The summed E-state index contributed by atoms with van der Waals surface area (Å²) in [4.78, 5) is 11.4. The molecule has 4 heteroatoms. The lowest BCUT2D eigenvalue weighted by atomic mass is 10.3. The van der Waals surface area contributed by atoms with Gasteiger partial charge in [-0.2, -0.15) is 0 Å². The van der Waals surface area contributed by atoms with E-state index in [1.165, 1.54) is 0 Å². The fourth-order valence-corrected chi connectivity index (χ4v) is 1.18. The molecule has 1 amide bonds. The third-order valence-electron chi connectivity index (χ3n) is 1.83. The molecule has 1 aromatic heterocycles. The summed E-state index contributed by atoms with van der Waals surface area (Å²) in [5, 5.41) is 2.76. The van der Waals surface area contributed by atoms with E-state index in [4.69, 9.17) is 16.0 Å². The highest BCUT2D eigenvalue weighted by atomic mass is 35.5. The quantitative estimate of drug-likeness (QED) is 0.606. The minimum Gasteiger partial charge on any atom is -0.455 e. The zero-order chi connectivity index (χ0) is 10.4. The van der Waals surface area contributed by atoms with E-state index >= 15 is 0 Å². The number of halogens is 1. The van der Waals surface area contributed by atoms with Gasteiger partial charge in [0.05, 0.1) is 5.88 Å². The number of unbranched alkanes of at least 4 members (excludes halogenated alkanes) is 1. The largest absolute Gasteiger partial charge is 0.455 e. The number of alkyl halides is 1. The van der Waals surface area contributed by atoms with Crippen molar-refractivity contribution in [2.24, 2.45) is 0 Å². The Kier molecular flexibility index (Phi) is 4.53. The molecule has 0 unspecified atom stereocenters. The van der Waals surface area contributed by atoms with Crippen LogP contribution in [0.15, 0.2) is 16.5 Å². The molecule has 0 spiro atoms. The van der Waals surface area contributed by atoms with Gasteiger partial charge in [0.25, 0.3) is 5.91 Å². The third-order valence-corrected chi connectivity index (χ3v) is 2.10. The summed E-state index contributed by atoms with van der Waals surface area (Å²) in [5.74, 6) is 1.07. The van der Waals surface area contributed by atoms with Crippen LogP contribution in [-0.4, -0.2) is 12.5 Å². The van der Waals surface area contributed by atoms with E-state index in [2.05, 4.69) is 12.2 Å². The second-order valence-corrected chi connectivity index (χ2v) is 3.28. The van der Waals surface area contributed by atoms with Gasteiger partial charge in [0.2, 0.25) is 0 Å². The average molecular weight is 216 g/mol. The molecule has 0 saturated carbocycles. The summed E-state index contributed by atoms with van der Waals surface area (Å²) in [7, 11) is 0. The smallest absolute Gasteiger partial charge is 0.286 e. The fraction of sp³-hybridized carbons (Fsp3) is 0.500. The first-order chi connectivity index (χ1) is 6.77. The van der Waals surface area contributed by atoms with Gasteiger partial charge in [-0.1, -0.05) is 13.3 Å². The highest BCUT2D eigenvalue weighted by Gasteiger charge is 2.09. The Morgan fingerprint density at radius 2 is 2.36 bits per heavy atom. The van der Waals surface area contributed by atoms with Gasteiger partial charge in [-0.05, 0) is 18.6 Å². The molecule has 0 atom stereocenters. The van der Waals surface area contributed by atoms with Crippen LogP contribution >= 0.6 is 11.6 Å². The number of amides is 1. The van der Waals surface area contributed by atoms with Crippen LogP contribution in [-0.2, 0) is 5.88 Å². The Labute approximate surface area is 88.4 Å². The molecular formula is C10H14ClNO2. The van der Waals surface area contributed by atoms with E-state index in [1.54, 1.807) is 12.1 Å². The average Bonchev–Trinajstić information content (AvgIpc) is 2.66. The van der Waals surface area contributed by atoms with Gasteiger partial charge in [-0.3, -0.25) is 4.79 Å². The normalized spacial score (nSPS) is 10.1. The molecule has 1 rings (SSSR count). The molecule has 0 saturated heterocycles. The summed E-state index contributed by atoms with van der Waals surface area (Å²) in [6.07, 6.45) is 2.04. The van der Waals surface area contributed by atoms with Crippen LogP contribution < -0.4 is 5.32 Å². The van der Waals surface area contributed by atoms with Gasteiger partial charge in [0, 0.05) is 6.54 Å². The molecule has 1 N–H and O–H groups in total. The van der Waals surface area contributed by atoms with Crippen molar-refractivity contribution in [3.05, 3.63) is 23.7 Å². The van der Waals surface area contributed by atoms with Gasteiger partial charge in [0.15, 0.2) is 5.76 Å². The topological polar surface area (TPSA) is 42.2 Å². The fourth-order valence-electron chi connectivity index (χ4n) is 1.04. The maximum Gasteiger partial charge on any atom is 0.286 e. The van der Waals surface area contributed by atoms with Crippen molar-refractivity contribution in [2.75, 3.05) is 6.54 Å². The molecule has 0 aromatic carbocycles. The summed E-state index contributed by atoms with van der Waals surface area (Å²) >= 11 is 5.55. The zero-order valence-corrected chi connectivity index (χ0v) is 8.93. The summed E-state index contributed by atoms with van der Waals surface area (Å²) in [6.45, 7) is 2.76. The number of furan rings is 1. The molecule has 1 aromatic rings. The number of hydrogen-bond donors (Lipinski definition) is 1. The van der Waals surface area contributed by atoms with Crippen molar-refractivity contribution < 1.29 is 9.21 Å². The van der Waals surface area contributed by atoms with Crippen LogP contribution in [0.2, 0.25) is 0 Å². The number of carbonyl (C=O) groups is 1. The van der Waals surface area contributed by atoms with Crippen LogP contribution in [0, 0.1) is 0 Å². The maximum absolute atomic E-state index is 11.4. The van der Waals surface area contributed by atoms with Crippen molar-refractivity contribution in [1.82, 2.24) is 5.32 Å². The van der Waals surface area contributed by atoms with E-state index in [0.29, 0.717) is 23.9 Å². The monoisotopic (exact) mass is 215 g/mol. The van der Waals surface area contributed by atoms with Crippen molar-refractivity contribution in [3.8, 4) is 0 Å². The first kappa shape index (κ1) is 11.1. The molecular weight excluding hydrogens is 202 g/mol. The van der Waals surface area contributed by atoms with Gasteiger partial charge in [-0.25, -0.2) is 0 Å². The Bertz CT molecular complexity index is 296. The minimum atomic E-state index is -0.171. The lowest BCUT2D eigenvalue weighted by Crippen LogP contribution is -2.23. The summed E-state index contributed by atoms with van der Waals surface area (Å²) in [5.41, 5.74) is 0.